The number of carboxylic acids is 1. The summed E-state index contributed by atoms with van der Waals surface area (Å²) in [4.78, 5) is 10.6. The van der Waals surface area contributed by atoms with Crippen molar-refractivity contribution >= 4 is 5.97 Å². The number of carbonyl (C=O) groups is 1. The standard InChI is InChI=1S/C11H21NO3/c1-4-5-7-15-8-6-12-10(3)9(2)11(13)14/h4,9-10,12H,1,5-8H2,2-3H3,(H,13,14). The molecule has 0 fully saturated rings. The van der Waals surface area contributed by atoms with E-state index in [1.165, 1.54) is 0 Å². The predicted molar refractivity (Wildman–Crippen MR) is 59.9 cm³/mol. The largest absolute Gasteiger partial charge is 0.481 e. The molecule has 0 heterocycles. The van der Waals surface area contributed by atoms with Gasteiger partial charge in [0, 0.05) is 12.6 Å². The maximum absolute atomic E-state index is 10.6. The summed E-state index contributed by atoms with van der Waals surface area (Å²) in [6, 6.07) is -0.0366. The molecule has 0 aromatic carbocycles. The Morgan fingerprint density at radius 2 is 2.20 bits per heavy atom. The van der Waals surface area contributed by atoms with Gasteiger partial charge in [-0.15, -0.1) is 6.58 Å². The summed E-state index contributed by atoms with van der Waals surface area (Å²) >= 11 is 0. The van der Waals surface area contributed by atoms with Crippen LogP contribution in [0, 0.1) is 5.92 Å². The molecule has 0 saturated heterocycles. The van der Waals surface area contributed by atoms with Gasteiger partial charge < -0.3 is 15.2 Å². The van der Waals surface area contributed by atoms with Crippen LogP contribution in [0.2, 0.25) is 0 Å². The Labute approximate surface area is 91.3 Å². The first kappa shape index (κ1) is 14.1. The van der Waals surface area contributed by atoms with Crippen LogP contribution in [0.5, 0.6) is 0 Å². The van der Waals surface area contributed by atoms with E-state index in [2.05, 4.69) is 11.9 Å². The second-order valence-corrected chi connectivity index (χ2v) is 3.56. The maximum Gasteiger partial charge on any atom is 0.307 e. The van der Waals surface area contributed by atoms with Crippen LogP contribution < -0.4 is 5.32 Å². The van der Waals surface area contributed by atoms with Crippen LogP contribution >= 0.6 is 0 Å². The van der Waals surface area contributed by atoms with Crippen molar-refractivity contribution in [3.63, 3.8) is 0 Å². The van der Waals surface area contributed by atoms with Gasteiger partial charge in [-0.25, -0.2) is 0 Å². The van der Waals surface area contributed by atoms with Crippen LogP contribution in [0.1, 0.15) is 20.3 Å². The van der Waals surface area contributed by atoms with Gasteiger partial charge in [-0.1, -0.05) is 13.0 Å². The molecule has 15 heavy (non-hydrogen) atoms. The highest BCUT2D eigenvalue weighted by Gasteiger charge is 2.17. The Bertz CT molecular complexity index is 194. The molecule has 0 amide bonds. The van der Waals surface area contributed by atoms with Crippen molar-refractivity contribution < 1.29 is 14.6 Å². The van der Waals surface area contributed by atoms with Crippen molar-refractivity contribution in [2.75, 3.05) is 19.8 Å². The Morgan fingerprint density at radius 1 is 1.53 bits per heavy atom. The van der Waals surface area contributed by atoms with Gasteiger partial charge in [0.25, 0.3) is 0 Å². The first-order valence-electron chi connectivity index (χ1n) is 5.24. The van der Waals surface area contributed by atoms with Gasteiger partial charge in [0.1, 0.15) is 0 Å². The number of carboxylic acid groups (broad SMARTS) is 1. The van der Waals surface area contributed by atoms with Crippen LogP contribution in [0.15, 0.2) is 12.7 Å². The molecule has 2 N–H and O–H groups in total. The van der Waals surface area contributed by atoms with Gasteiger partial charge in [-0.05, 0) is 13.3 Å². The van der Waals surface area contributed by atoms with Gasteiger partial charge in [0.2, 0.25) is 0 Å². The fraction of sp³-hybridized carbons (Fsp3) is 0.727. The molecule has 0 aliphatic rings. The smallest absolute Gasteiger partial charge is 0.307 e. The second kappa shape index (κ2) is 8.44. The minimum Gasteiger partial charge on any atom is -0.481 e. The second-order valence-electron chi connectivity index (χ2n) is 3.56. The lowest BCUT2D eigenvalue weighted by atomic mass is 10.0. The van der Waals surface area contributed by atoms with Gasteiger partial charge in [-0.3, -0.25) is 4.79 Å². The molecular weight excluding hydrogens is 194 g/mol. The van der Waals surface area contributed by atoms with E-state index in [0.717, 1.165) is 6.42 Å². The van der Waals surface area contributed by atoms with Crippen molar-refractivity contribution in [2.45, 2.75) is 26.3 Å². The zero-order chi connectivity index (χ0) is 11.7. The summed E-state index contributed by atoms with van der Waals surface area (Å²) in [5.41, 5.74) is 0. The number of nitrogens with one attached hydrogen (secondary N) is 1. The molecule has 0 bridgehead atoms. The molecule has 2 atom stereocenters. The lowest BCUT2D eigenvalue weighted by Crippen LogP contribution is -2.37. The fourth-order valence-electron chi connectivity index (χ4n) is 1.02. The van der Waals surface area contributed by atoms with E-state index < -0.39 is 5.97 Å². The fourth-order valence-corrected chi connectivity index (χ4v) is 1.02. The normalized spacial score (nSPS) is 14.5. The first-order chi connectivity index (χ1) is 7.09. The van der Waals surface area contributed by atoms with Crippen molar-refractivity contribution in [3.8, 4) is 0 Å². The van der Waals surface area contributed by atoms with Crippen LogP contribution in [0.25, 0.3) is 0 Å². The molecule has 0 spiro atoms. The van der Waals surface area contributed by atoms with Crippen LogP contribution in [0.3, 0.4) is 0 Å². The molecule has 0 saturated carbocycles. The average Bonchev–Trinajstić information content (AvgIpc) is 2.21. The Kier molecular flexibility index (Phi) is 7.95. The minimum absolute atomic E-state index is 0.0366. The Morgan fingerprint density at radius 3 is 2.73 bits per heavy atom. The lowest BCUT2D eigenvalue weighted by molar-refractivity contribution is -0.141. The molecule has 0 aromatic heterocycles. The summed E-state index contributed by atoms with van der Waals surface area (Å²) in [7, 11) is 0. The molecule has 2 unspecified atom stereocenters. The van der Waals surface area contributed by atoms with Crippen LogP contribution in [-0.4, -0.2) is 36.9 Å². The number of hydrogen-bond donors (Lipinski definition) is 2. The van der Waals surface area contributed by atoms with Crippen LogP contribution in [0.4, 0.5) is 0 Å². The highest BCUT2D eigenvalue weighted by Crippen LogP contribution is 2.01. The molecule has 88 valence electrons. The number of hydrogen-bond acceptors (Lipinski definition) is 3. The highest BCUT2D eigenvalue weighted by atomic mass is 16.5. The van der Waals surface area contributed by atoms with Gasteiger partial charge in [0.15, 0.2) is 0 Å². The summed E-state index contributed by atoms with van der Waals surface area (Å²) in [5, 5.41) is 11.9. The van der Waals surface area contributed by atoms with Gasteiger partial charge in [-0.2, -0.15) is 0 Å². The summed E-state index contributed by atoms with van der Waals surface area (Å²) in [6.07, 6.45) is 2.66. The predicted octanol–water partition coefficient (Wildman–Crippen LogP) is 1.28. The number of rotatable bonds is 9. The third kappa shape index (κ3) is 7.11. The van der Waals surface area contributed by atoms with Crippen molar-refractivity contribution in [3.05, 3.63) is 12.7 Å². The molecule has 0 radical (unpaired) electrons. The van der Waals surface area contributed by atoms with E-state index in [1.807, 2.05) is 13.0 Å². The van der Waals surface area contributed by atoms with E-state index in [-0.39, 0.29) is 12.0 Å². The average molecular weight is 215 g/mol. The molecule has 0 rings (SSSR count). The van der Waals surface area contributed by atoms with Crippen molar-refractivity contribution in [1.82, 2.24) is 5.32 Å². The van der Waals surface area contributed by atoms with E-state index in [1.54, 1.807) is 6.92 Å². The SMILES string of the molecule is C=CCCOCCNC(C)C(C)C(=O)O. The third-order valence-corrected chi connectivity index (χ3v) is 2.32. The highest BCUT2D eigenvalue weighted by molar-refractivity contribution is 5.70. The molecule has 0 aromatic rings. The Hall–Kier alpha value is -0.870. The summed E-state index contributed by atoms with van der Waals surface area (Å²) in [6.45, 7) is 9.10. The van der Waals surface area contributed by atoms with E-state index in [4.69, 9.17) is 9.84 Å². The molecule has 4 heteroatoms. The van der Waals surface area contributed by atoms with Crippen LogP contribution in [-0.2, 0) is 9.53 Å². The van der Waals surface area contributed by atoms with Crippen molar-refractivity contribution in [2.24, 2.45) is 5.92 Å². The first-order valence-corrected chi connectivity index (χ1v) is 5.24. The zero-order valence-corrected chi connectivity index (χ0v) is 9.53. The maximum atomic E-state index is 10.6. The Balaban J connectivity index is 3.42. The van der Waals surface area contributed by atoms with Gasteiger partial charge in [0.05, 0.1) is 19.1 Å². The molecule has 0 aliphatic heterocycles. The zero-order valence-electron chi connectivity index (χ0n) is 9.53. The van der Waals surface area contributed by atoms with E-state index in [0.29, 0.717) is 19.8 Å². The minimum atomic E-state index is -0.775. The number of ether oxygens (including phenoxy) is 1. The molecule has 0 aliphatic carbocycles. The van der Waals surface area contributed by atoms with Gasteiger partial charge >= 0.3 is 5.97 Å². The third-order valence-electron chi connectivity index (χ3n) is 2.32. The van der Waals surface area contributed by atoms with E-state index in [9.17, 15) is 4.79 Å². The summed E-state index contributed by atoms with van der Waals surface area (Å²) < 4.78 is 5.28. The molecular formula is C11H21NO3. The lowest BCUT2D eigenvalue weighted by Gasteiger charge is -2.17. The van der Waals surface area contributed by atoms with Crippen molar-refractivity contribution in [1.29, 1.82) is 0 Å². The van der Waals surface area contributed by atoms with E-state index >= 15 is 0 Å². The number of aliphatic carboxylic acids is 1. The quantitative estimate of drug-likeness (QED) is 0.449. The monoisotopic (exact) mass is 215 g/mol. The summed E-state index contributed by atoms with van der Waals surface area (Å²) in [5.74, 6) is -1.15. The molecule has 4 nitrogen and oxygen atoms in total. The topological polar surface area (TPSA) is 58.6 Å².